The maximum Gasteiger partial charge on any atom is 0.328 e. The summed E-state index contributed by atoms with van der Waals surface area (Å²) in [6.45, 7) is 9.81. The van der Waals surface area contributed by atoms with Crippen molar-refractivity contribution >= 4 is 17.7 Å². The monoisotopic (exact) mass is 369 g/mol. The normalized spacial score (nSPS) is 11.2. The van der Waals surface area contributed by atoms with E-state index in [9.17, 15) is 9.90 Å². The Kier molecular flexibility index (Phi) is 6.16. The van der Waals surface area contributed by atoms with Gasteiger partial charge in [0.25, 0.3) is 0 Å². The van der Waals surface area contributed by atoms with Gasteiger partial charge in [0.2, 0.25) is 0 Å². The highest BCUT2D eigenvalue weighted by Gasteiger charge is 2.20. The maximum absolute atomic E-state index is 10.9. The summed E-state index contributed by atoms with van der Waals surface area (Å²) in [5.41, 5.74) is 5.60. The van der Waals surface area contributed by atoms with Gasteiger partial charge in [0.15, 0.2) is 0 Å². The predicted molar refractivity (Wildman–Crippen MR) is 110 cm³/mol. The van der Waals surface area contributed by atoms with Crippen LogP contribution in [0.1, 0.15) is 36.1 Å². The van der Waals surface area contributed by atoms with Gasteiger partial charge in [0.05, 0.1) is 7.11 Å². The van der Waals surface area contributed by atoms with Crippen LogP contribution in [0.3, 0.4) is 0 Å². The summed E-state index contributed by atoms with van der Waals surface area (Å²) in [5, 5.41) is 23.2. The van der Waals surface area contributed by atoms with E-state index in [1.165, 1.54) is 6.08 Å². The van der Waals surface area contributed by atoms with Gasteiger partial charge in [-0.2, -0.15) is 0 Å². The smallest absolute Gasteiger partial charge is 0.328 e. The Morgan fingerprint density at radius 2 is 1.85 bits per heavy atom. The molecule has 5 nitrogen and oxygen atoms in total. The molecule has 0 amide bonds. The van der Waals surface area contributed by atoms with Crippen molar-refractivity contribution in [2.45, 2.75) is 40.7 Å². The topological polar surface area (TPSA) is 78.8 Å². The molecular formula is C22H27NO4. The van der Waals surface area contributed by atoms with Gasteiger partial charge < -0.3 is 20.3 Å². The van der Waals surface area contributed by atoms with Crippen LogP contribution in [0, 0.1) is 20.8 Å². The third kappa shape index (κ3) is 4.25. The van der Waals surface area contributed by atoms with Gasteiger partial charge in [0.1, 0.15) is 11.5 Å². The van der Waals surface area contributed by atoms with Crippen molar-refractivity contribution in [3.05, 3.63) is 46.5 Å². The fraction of sp³-hybridized carbons (Fsp3) is 0.318. The molecule has 2 aromatic carbocycles. The number of hydrogen-bond acceptors (Lipinski definition) is 4. The Morgan fingerprint density at radius 3 is 2.37 bits per heavy atom. The molecule has 0 spiro atoms. The number of rotatable bonds is 6. The molecule has 0 heterocycles. The number of phenolic OH excluding ortho intramolecular Hbond substituents is 1. The number of aryl methyl sites for hydroxylation is 1. The Labute approximate surface area is 160 Å². The number of carbonyl (C=O) groups is 1. The zero-order valence-electron chi connectivity index (χ0n) is 16.7. The van der Waals surface area contributed by atoms with Crippen LogP contribution in [0.4, 0.5) is 5.69 Å². The summed E-state index contributed by atoms with van der Waals surface area (Å²) in [5.74, 6) is -0.372. The van der Waals surface area contributed by atoms with Crippen molar-refractivity contribution in [2.75, 3.05) is 12.4 Å². The van der Waals surface area contributed by atoms with Gasteiger partial charge in [0, 0.05) is 40.1 Å². The summed E-state index contributed by atoms with van der Waals surface area (Å²) >= 11 is 0. The van der Waals surface area contributed by atoms with Crippen LogP contribution in [0.5, 0.6) is 11.5 Å². The van der Waals surface area contributed by atoms with Crippen molar-refractivity contribution in [2.24, 2.45) is 0 Å². The molecule has 0 aliphatic carbocycles. The van der Waals surface area contributed by atoms with Crippen molar-refractivity contribution in [3.8, 4) is 22.6 Å². The summed E-state index contributed by atoms with van der Waals surface area (Å²) in [6.07, 6.45) is 2.49. The van der Waals surface area contributed by atoms with Gasteiger partial charge in [-0.05, 0) is 64.0 Å². The van der Waals surface area contributed by atoms with Gasteiger partial charge in [-0.15, -0.1) is 0 Å². The van der Waals surface area contributed by atoms with Crippen molar-refractivity contribution < 1.29 is 19.7 Å². The number of carboxylic acid groups (broad SMARTS) is 1. The van der Waals surface area contributed by atoms with Gasteiger partial charge in [-0.1, -0.05) is 6.07 Å². The number of aliphatic carboxylic acids is 1. The highest BCUT2D eigenvalue weighted by molar-refractivity contribution is 5.89. The number of carboxylic acids is 1. The average molecular weight is 369 g/mol. The lowest BCUT2D eigenvalue weighted by atomic mass is 9.91. The first-order chi connectivity index (χ1) is 12.7. The fourth-order valence-electron chi connectivity index (χ4n) is 3.24. The summed E-state index contributed by atoms with van der Waals surface area (Å²) in [6, 6.07) is 6.32. The third-order valence-electron chi connectivity index (χ3n) is 4.51. The van der Waals surface area contributed by atoms with Gasteiger partial charge in [-0.3, -0.25) is 0 Å². The second-order valence-electron chi connectivity index (χ2n) is 6.92. The zero-order chi connectivity index (χ0) is 20.3. The van der Waals surface area contributed by atoms with Gasteiger partial charge >= 0.3 is 5.97 Å². The molecule has 2 rings (SSSR count). The van der Waals surface area contributed by atoms with Crippen LogP contribution in [-0.4, -0.2) is 29.3 Å². The van der Waals surface area contributed by atoms with Crippen LogP contribution in [0.2, 0.25) is 0 Å². The SMILES string of the molecule is COc1c(C)c(-c2ccc(NC(C)C)c(C)c2)c(O)c(C)c1/C=C/C(=O)O. The second-order valence-corrected chi connectivity index (χ2v) is 6.92. The highest BCUT2D eigenvalue weighted by atomic mass is 16.5. The number of anilines is 1. The van der Waals surface area contributed by atoms with Crippen LogP contribution < -0.4 is 10.1 Å². The molecule has 0 saturated carbocycles. The number of aromatic hydroxyl groups is 1. The maximum atomic E-state index is 10.9. The van der Waals surface area contributed by atoms with E-state index in [1.54, 1.807) is 14.0 Å². The lowest BCUT2D eigenvalue weighted by Crippen LogP contribution is -2.10. The van der Waals surface area contributed by atoms with Crippen molar-refractivity contribution in [1.82, 2.24) is 0 Å². The van der Waals surface area contributed by atoms with Crippen molar-refractivity contribution in [1.29, 1.82) is 0 Å². The fourth-order valence-corrected chi connectivity index (χ4v) is 3.24. The number of ether oxygens (including phenoxy) is 1. The summed E-state index contributed by atoms with van der Waals surface area (Å²) < 4.78 is 5.55. The van der Waals surface area contributed by atoms with Crippen LogP contribution in [0.15, 0.2) is 24.3 Å². The number of methoxy groups -OCH3 is 1. The molecule has 0 aliphatic rings. The molecule has 0 aromatic heterocycles. The minimum Gasteiger partial charge on any atom is -0.507 e. The molecule has 3 N–H and O–H groups in total. The molecule has 0 bridgehead atoms. The Balaban J connectivity index is 2.66. The Hall–Kier alpha value is -2.95. The molecule has 0 radical (unpaired) electrons. The molecule has 27 heavy (non-hydrogen) atoms. The third-order valence-corrected chi connectivity index (χ3v) is 4.51. The lowest BCUT2D eigenvalue weighted by molar-refractivity contribution is -0.131. The zero-order valence-corrected chi connectivity index (χ0v) is 16.7. The van der Waals surface area contributed by atoms with E-state index < -0.39 is 5.97 Å². The highest BCUT2D eigenvalue weighted by Crippen LogP contribution is 2.44. The van der Waals surface area contributed by atoms with Crippen LogP contribution in [0.25, 0.3) is 17.2 Å². The Morgan fingerprint density at radius 1 is 1.19 bits per heavy atom. The molecule has 0 unspecified atom stereocenters. The molecular weight excluding hydrogens is 342 g/mol. The molecule has 0 atom stereocenters. The van der Waals surface area contributed by atoms with E-state index in [4.69, 9.17) is 9.84 Å². The van der Waals surface area contributed by atoms with E-state index in [2.05, 4.69) is 19.2 Å². The summed E-state index contributed by atoms with van der Waals surface area (Å²) in [7, 11) is 1.54. The van der Waals surface area contributed by atoms with E-state index in [1.807, 2.05) is 32.0 Å². The predicted octanol–water partition coefficient (Wildman–Crippen LogP) is 4.91. The van der Waals surface area contributed by atoms with E-state index in [-0.39, 0.29) is 5.75 Å². The number of nitrogens with one attached hydrogen (secondary N) is 1. The van der Waals surface area contributed by atoms with Crippen LogP contribution >= 0.6 is 0 Å². The first-order valence-electron chi connectivity index (χ1n) is 8.86. The van der Waals surface area contributed by atoms with Crippen molar-refractivity contribution in [3.63, 3.8) is 0 Å². The number of phenols is 1. The average Bonchev–Trinajstić information content (AvgIpc) is 2.58. The molecule has 144 valence electrons. The first-order valence-corrected chi connectivity index (χ1v) is 8.86. The van der Waals surface area contributed by atoms with E-state index in [0.29, 0.717) is 28.5 Å². The molecule has 0 saturated heterocycles. The second kappa shape index (κ2) is 8.16. The standard InChI is InChI=1S/C22H27NO4/c1-12(2)23-18-9-7-16(11-13(18)3)20-15(5)22(27-6)17(8-10-19(24)25)14(4)21(20)26/h7-12,23,26H,1-6H3,(H,24,25)/b10-8+. The van der Waals surface area contributed by atoms with Crippen LogP contribution in [-0.2, 0) is 4.79 Å². The molecule has 0 aliphatic heterocycles. The number of hydrogen-bond donors (Lipinski definition) is 3. The minimum absolute atomic E-state index is 0.127. The molecule has 0 fully saturated rings. The lowest BCUT2D eigenvalue weighted by Gasteiger charge is -2.20. The molecule has 2 aromatic rings. The van der Waals surface area contributed by atoms with Gasteiger partial charge in [-0.25, -0.2) is 4.79 Å². The summed E-state index contributed by atoms with van der Waals surface area (Å²) in [4.78, 5) is 10.9. The first kappa shape index (κ1) is 20.4. The van der Waals surface area contributed by atoms with E-state index in [0.717, 1.165) is 28.5 Å². The minimum atomic E-state index is -1.05. The largest absolute Gasteiger partial charge is 0.507 e. The Bertz CT molecular complexity index is 898. The number of benzene rings is 2. The quantitative estimate of drug-likeness (QED) is 0.631. The molecule has 5 heteroatoms. The van der Waals surface area contributed by atoms with E-state index >= 15 is 0 Å².